The predicted molar refractivity (Wildman–Crippen MR) is 124 cm³/mol. The van der Waals surface area contributed by atoms with E-state index in [0.717, 1.165) is 60.8 Å². The lowest BCUT2D eigenvalue weighted by atomic mass is 9.91. The Balaban J connectivity index is 0.00000300. The van der Waals surface area contributed by atoms with Crippen LogP contribution in [0.2, 0.25) is 0 Å². The first-order valence-electron chi connectivity index (χ1n) is 10.4. The highest BCUT2D eigenvalue weighted by atomic mass is 35.5. The number of nitrogens with zero attached hydrogens (tertiary/aromatic N) is 1. The molecule has 1 saturated heterocycles. The minimum atomic E-state index is -0.244. The lowest BCUT2D eigenvalue weighted by molar-refractivity contribution is -0.122. The Bertz CT molecular complexity index is 773. The van der Waals surface area contributed by atoms with Crippen molar-refractivity contribution in [1.29, 1.82) is 0 Å². The number of anilines is 1. The molecule has 0 radical (unpaired) electrons. The Hall–Kier alpha value is -1.88. The summed E-state index contributed by atoms with van der Waals surface area (Å²) in [5.41, 5.74) is 4.23. The molecule has 2 aromatic rings. The summed E-state index contributed by atoms with van der Waals surface area (Å²) in [6, 6.07) is 16.1. The van der Waals surface area contributed by atoms with Gasteiger partial charge in [-0.2, -0.15) is 0 Å². The van der Waals surface area contributed by atoms with Crippen LogP contribution in [0.5, 0.6) is 0 Å². The van der Waals surface area contributed by atoms with Crippen LogP contribution < -0.4 is 10.6 Å². The fourth-order valence-electron chi connectivity index (χ4n) is 4.08. The number of hydrogen-bond acceptors (Lipinski definition) is 3. The first kappa shape index (κ1) is 23.4. The molecule has 0 aromatic heterocycles. The van der Waals surface area contributed by atoms with Gasteiger partial charge >= 0.3 is 0 Å². The fourth-order valence-corrected chi connectivity index (χ4v) is 4.08. The summed E-state index contributed by atoms with van der Waals surface area (Å²) in [5.74, 6) is 0.816. The molecule has 0 aliphatic carbocycles. The van der Waals surface area contributed by atoms with Crippen LogP contribution in [0.25, 0.3) is 0 Å². The summed E-state index contributed by atoms with van der Waals surface area (Å²) in [6.07, 6.45) is 3.53. The van der Waals surface area contributed by atoms with Crippen molar-refractivity contribution in [1.82, 2.24) is 10.2 Å². The van der Waals surface area contributed by atoms with Crippen molar-refractivity contribution in [3.05, 3.63) is 65.2 Å². The number of halogens is 1. The number of carbonyl (C=O) groups is 1. The van der Waals surface area contributed by atoms with Crippen molar-refractivity contribution in [3.63, 3.8) is 0 Å². The molecule has 158 valence electrons. The normalized spacial score (nSPS) is 16.1. The summed E-state index contributed by atoms with van der Waals surface area (Å²) in [6.45, 7) is 7.10. The smallest absolute Gasteiger partial charge is 0.246 e. The molecular formula is C24H34ClN3O. The topological polar surface area (TPSA) is 44.4 Å². The number of nitrogens with one attached hydrogen (secondary N) is 2. The van der Waals surface area contributed by atoms with Gasteiger partial charge in [0.15, 0.2) is 0 Å². The van der Waals surface area contributed by atoms with Gasteiger partial charge in [0.2, 0.25) is 5.91 Å². The molecule has 2 aromatic carbocycles. The van der Waals surface area contributed by atoms with Crippen LogP contribution in [-0.2, 0) is 4.79 Å². The van der Waals surface area contributed by atoms with E-state index < -0.39 is 0 Å². The van der Waals surface area contributed by atoms with Crippen LogP contribution in [0.15, 0.2) is 48.5 Å². The van der Waals surface area contributed by atoms with Gasteiger partial charge < -0.3 is 10.6 Å². The second-order valence-electron chi connectivity index (χ2n) is 7.99. The van der Waals surface area contributed by atoms with Gasteiger partial charge in [0.25, 0.3) is 0 Å². The van der Waals surface area contributed by atoms with Gasteiger partial charge in [0, 0.05) is 5.69 Å². The second-order valence-corrected chi connectivity index (χ2v) is 7.99. The minimum absolute atomic E-state index is 0. The van der Waals surface area contributed by atoms with Gasteiger partial charge in [-0.15, -0.1) is 12.4 Å². The molecule has 1 aliphatic rings. The molecule has 1 aliphatic heterocycles. The third-order valence-electron chi connectivity index (χ3n) is 5.83. The number of benzene rings is 2. The highest BCUT2D eigenvalue weighted by Gasteiger charge is 2.31. The van der Waals surface area contributed by atoms with Gasteiger partial charge in [-0.3, -0.25) is 9.69 Å². The van der Waals surface area contributed by atoms with Crippen molar-refractivity contribution < 1.29 is 4.79 Å². The minimum Gasteiger partial charge on any atom is -0.324 e. The quantitative estimate of drug-likeness (QED) is 0.687. The van der Waals surface area contributed by atoms with Gasteiger partial charge in [-0.1, -0.05) is 42.5 Å². The molecule has 1 fully saturated rings. The summed E-state index contributed by atoms with van der Waals surface area (Å²) in [7, 11) is 2.01. The molecule has 4 nitrogen and oxygen atoms in total. The Kier molecular flexibility index (Phi) is 9.15. The van der Waals surface area contributed by atoms with E-state index in [4.69, 9.17) is 0 Å². The first-order chi connectivity index (χ1) is 13.6. The average molecular weight is 416 g/mol. The average Bonchev–Trinajstić information content (AvgIpc) is 2.71. The summed E-state index contributed by atoms with van der Waals surface area (Å²) >= 11 is 0. The zero-order valence-electron chi connectivity index (χ0n) is 17.8. The van der Waals surface area contributed by atoms with E-state index in [-0.39, 0.29) is 24.4 Å². The number of likely N-dealkylation sites (tertiary alicyclic amines) is 1. The molecule has 1 heterocycles. The van der Waals surface area contributed by atoms with Crippen molar-refractivity contribution in [3.8, 4) is 0 Å². The van der Waals surface area contributed by atoms with E-state index in [0.29, 0.717) is 0 Å². The number of carbonyl (C=O) groups excluding carboxylic acids is 1. The number of aryl methyl sites for hydroxylation is 2. The van der Waals surface area contributed by atoms with Crippen molar-refractivity contribution in [2.75, 3.05) is 32.0 Å². The van der Waals surface area contributed by atoms with E-state index in [1.165, 1.54) is 6.42 Å². The van der Waals surface area contributed by atoms with Crippen LogP contribution in [0.4, 0.5) is 5.69 Å². The van der Waals surface area contributed by atoms with Crippen LogP contribution in [0, 0.1) is 19.8 Å². The summed E-state index contributed by atoms with van der Waals surface area (Å²) in [4.78, 5) is 15.7. The largest absolute Gasteiger partial charge is 0.324 e. The van der Waals surface area contributed by atoms with Crippen LogP contribution in [0.3, 0.4) is 0 Å². The van der Waals surface area contributed by atoms with Crippen molar-refractivity contribution in [2.24, 2.45) is 5.92 Å². The van der Waals surface area contributed by atoms with Crippen LogP contribution in [0.1, 0.15) is 42.0 Å². The lowest BCUT2D eigenvalue weighted by Crippen LogP contribution is -2.42. The van der Waals surface area contributed by atoms with Crippen LogP contribution in [-0.4, -0.2) is 37.5 Å². The van der Waals surface area contributed by atoms with E-state index in [1.807, 2.05) is 32.2 Å². The molecule has 0 saturated carbocycles. The molecular weight excluding hydrogens is 382 g/mol. The standard InChI is InChI=1S/C24H33N3O.ClH/c1-18-9-10-19(2)22(17-18)26-24(28)23(21-7-5-4-6-8-21)27-15-12-20(13-16-27)11-14-25-3;/h4-10,17,20,23,25H,11-16H2,1-3H3,(H,26,28);1H. The number of rotatable bonds is 7. The van der Waals surface area contributed by atoms with Gasteiger partial charge in [0.1, 0.15) is 6.04 Å². The van der Waals surface area contributed by atoms with E-state index >= 15 is 0 Å². The maximum absolute atomic E-state index is 13.4. The Morgan fingerprint density at radius 3 is 2.45 bits per heavy atom. The van der Waals surface area contributed by atoms with Gasteiger partial charge in [0.05, 0.1) is 0 Å². The molecule has 3 rings (SSSR count). The van der Waals surface area contributed by atoms with E-state index in [2.05, 4.69) is 52.8 Å². The van der Waals surface area contributed by atoms with Gasteiger partial charge in [-0.05, 0) is 88.5 Å². The van der Waals surface area contributed by atoms with Crippen LogP contribution >= 0.6 is 12.4 Å². The summed E-state index contributed by atoms with van der Waals surface area (Å²) in [5, 5.41) is 6.45. The Labute approximate surface area is 181 Å². The fraction of sp³-hybridized carbons (Fsp3) is 0.458. The number of piperidine rings is 1. The zero-order valence-corrected chi connectivity index (χ0v) is 18.6. The van der Waals surface area contributed by atoms with Crippen molar-refractivity contribution in [2.45, 2.75) is 39.2 Å². The monoisotopic (exact) mass is 415 g/mol. The molecule has 2 N–H and O–H groups in total. The van der Waals surface area contributed by atoms with Crippen molar-refractivity contribution >= 4 is 24.0 Å². The number of amides is 1. The maximum atomic E-state index is 13.4. The molecule has 0 spiro atoms. The predicted octanol–water partition coefficient (Wildman–Crippen LogP) is 4.73. The molecule has 0 bridgehead atoms. The summed E-state index contributed by atoms with van der Waals surface area (Å²) < 4.78 is 0. The molecule has 1 unspecified atom stereocenters. The van der Waals surface area contributed by atoms with E-state index in [9.17, 15) is 4.79 Å². The third-order valence-corrected chi connectivity index (χ3v) is 5.83. The van der Waals surface area contributed by atoms with E-state index in [1.54, 1.807) is 0 Å². The Morgan fingerprint density at radius 1 is 1.10 bits per heavy atom. The SMILES string of the molecule is CNCCC1CCN(C(C(=O)Nc2cc(C)ccc2C)c2ccccc2)CC1.Cl. The molecule has 29 heavy (non-hydrogen) atoms. The highest BCUT2D eigenvalue weighted by Crippen LogP contribution is 2.30. The Morgan fingerprint density at radius 2 is 1.79 bits per heavy atom. The van der Waals surface area contributed by atoms with Gasteiger partial charge in [-0.25, -0.2) is 0 Å². The number of hydrogen-bond donors (Lipinski definition) is 2. The second kappa shape index (κ2) is 11.3. The highest BCUT2D eigenvalue weighted by molar-refractivity contribution is 5.96. The maximum Gasteiger partial charge on any atom is 0.246 e. The molecule has 1 amide bonds. The lowest BCUT2D eigenvalue weighted by Gasteiger charge is -2.37. The molecule has 5 heteroatoms. The molecule has 1 atom stereocenters. The first-order valence-corrected chi connectivity index (χ1v) is 10.4. The zero-order chi connectivity index (χ0) is 19.9. The third kappa shape index (κ3) is 6.30.